The third kappa shape index (κ3) is 75.9. The van der Waals surface area contributed by atoms with Crippen LogP contribution in [0.2, 0.25) is 0 Å². The van der Waals surface area contributed by atoms with Crippen molar-refractivity contribution < 1.29 is 80.2 Å². The molecule has 3 N–H and O–H groups in total. The molecule has 0 saturated heterocycles. The largest absolute Gasteiger partial charge is 0.472 e. The Kier molecular flexibility index (Phi) is 74.7. The zero-order chi connectivity index (χ0) is 77.2. The lowest BCUT2D eigenvalue weighted by atomic mass is 9.99. The van der Waals surface area contributed by atoms with Gasteiger partial charge in [0, 0.05) is 25.7 Å². The van der Waals surface area contributed by atoms with E-state index in [1.807, 2.05) is 0 Å². The number of phosphoric acid groups is 2. The van der Waals surface area contributed by atoms with Gasteiger partial charge in [-0.3, -0.25) is 37.3 Å². The van der Waals surface area contributed by atoms with Gasteiger partial charge >= 0.3 is 39.5 Å². The van der Waals surface area contributed by atoms with Crippen molar-refractivity contribution in [3.63, 3.8) is 0 Å². The Morgan fingerprint density at radius 1 is 0.267 bits per heavy atom. The summed E-state index contributed by atoms with van der Waals surface area (Å²) >= 11 is 0. The molecule has 0 aliphatic carbocycles. The first kappa shape index (κ1) is 103. The Balaban J connectivity index is 5.27. The number of aliphatic hydroxyl groups is 1. The van der Waals surface area contributed by atoms with Crippen LogP contribution in [0.3, 0.4) is 0 Å². The fraction of sp³-hybridized carbons (Fsp3) is 0.953. The molecule has 0 aromatic heterocycles. The molecule has 0 aromatic carbocycles. The van der Waals surface area contributed by atoms with E-state index >= 15 is 0 Å². The van der Waals surface area contributed by atoms with E-state index in [0.717, 1.165) is 108 Å². The standard InChI is InChI=1S/C86H168O17P2/c1-8-12-13-14-15-16-17-18-19-20-21-29-34-39-48-55-62-69-86(91)103-82(74-97-84(89)68-61-54-47-42-41-45-52-59-66-79(7)11-4)76-101-105(94,95)99-72-80(87)71-98-104(92,93)100-75-81(102-85(90)70-63-56-49-40-35-30-25-23-27-32-37-44-51-58-65-78(6)10-3)73-96-83(88)67-60-53-46-38-33-28-24-22-26-31-36-43-50-57-64-77(5)9-2/h77-82,87H,8-76H2,1-7H3,(H,92,93)(H,94,95)/t77?,78?,79?,80-,81-,82-/m1/s1. The minimum Gasteiger partial charge on any atom is -0.462 e. The Hall–Kier alpha value is -1.94. The van der Waals surface area contributed by atoms with Crippen LogP contribution in [0, 0.1) is 17.8 Å². The molecule has 0 radical (unpaired) electrons. The van der Waals surface area contributed by atoms with E-state index < -0.39 is 97.5 Å². The second-order valence-electron chi connectivity index (χ2n) is 31.7. The average molecular weight is 1540 g/mol. The van der Waals surface area contributed by atoms with Crippen LogP contribution in [0.5, 0.6) is 0 Å². The minimum atomic E-state index is -4.97. The van der Waals surface area contributed by atoms with Gasteiger partial charge in [0.1, 0.15) is 19.3 Å². The zero-order valence-electron chi connectivity index (χ0n) is 69.2. The van der Waals surface area contributed by atoms with Gasteiger partial charge in [-0.2, -0.15) is 0 Å². The van der Waals surface area contributed by atoms with Crippen molar-refractivity contribution in [2.45, 2.75) is 471 Å². The van der Waals surface area contributed by atoms with Crippen molar-refractivity contribution in [1.29, 1.82) is 0 Å². The summed E-state index contributed by atoms with van der Waals surface area (Å²) in [4.78, 5) is 73.3. The predicted molar refractivity (Wildman–Crippen MR) is 432 cm³/mol. The molecular formula is C86H168O17P2. The van der Waals surface area contributed by atoms with E-state index in [9.17, 15) is 43.2 Å². The minimum absolute atomic E-state index is 0.108. The maximum atomic E-state index is 13.1. The first-order chi connectivity index (χ1) is 50.8. The third-order valence-electron chi connectivity index (χ3n) is 21.2. The molecule has 0 fully saturated rings. The highest BCUT2D eigenvalue weighted by Gasteiger charge is 2.31. The molecule has 19 heteroatoms. The lowest BCUT2D eigenvalue weighted by Gasteiger charge is -2.21. The lowest BCUT2D eigenvalue weighted by molar-refractivity contribution is -0.161. The van der Waals surface area contributed by atoms with Crippen molar-refractivity contribution in [1.82, 2.24) is 0 Å². The Bertz CT molecular complexity index is 2030. The normalized spacial score (nSPS) is 14.6. The molecule has 0 aromatic rings. The predicted octanol–water partition coefficient (Wildman–Crippen LogP) is 26.1. The number of carbonyl (C=O) groups excluding carboxylic acids is 4. The van der Waals surface area contributed by atoms with Crippen LogP contribution in [-0.2, 0) is 65.4 Å². The molecule has 0 saturated carbocycles. The highest BCUT2D eigenvalue weighted by Crippen LogP contribution is 2.45. The Labute approximate surface area is 645 Å². The zero-order valence-corrected chi connectivity index (χ0v) is 71.0. The van der Waals surface area contributed by atoms with Crippen LogP contribution in [0.1, 0.15) is 453 Å². The number of carbonyl (C=O) groups is 4. The highest BCUT2D eigenvalue weighted by molar-refractivity contribution is 7.47. The van der Waals surface area contributed by atoms with Crippen LogP contribution in [-0.4, -0.2) is 96.7 Å². The SMILES string of the molecule is CCCCCCCCCCCCCCCCCCCC(=O)O[C@H](COC(=O)CCCCCCCCCCC(C)CC)COP(=O)(O)OC[C@H](O)COP(=O)(O)OC[C@@H](COC(=O)CCCCCCCCCCCCCCCCC(C)CC)OC(=O)CCCCCCCCCCCCCCCCC(C)CC. The van der Waals surface area contributed by atoms with Gasteiger partial charge in [-0.15, -0.1) is 0 Å². The van der Waals surface area contributed by atoms with Gasteiger partial charge in [0.25, 0.3) is 0 Å². The number of rotatable bonds is 84. The Morgan fingerprint density at radius 3 is 0.676 bits per heavy atom. The molecular weight excluding hydrogens is 1370 g/mol. The fourth-order valence-electron chi connectivity index (χ4n) is 13.3. The summed E-state index contributed by atoms with van der Waals surface area (Å²) in [5.41, 5.74) is 0. The molecule has 105 heavy (non-hydrogen) atoms. The molecule has 0 heterocycles. The number of hydrogen-bond donors (Lipinski definition) is 3. The molecule has 0 amide bonds. The van der Waals surface area contributed by atoms with Crippen molar-refractivity contribution in [3.05, 3.63) is 0 Å². The van der Waals surface area contributed by atoms with E-state index in [0.29, 0.717) is 25.7 Å². The topological polar surface area (TPSA) is 237 Å². The monoisotopic (exact) mass is 1540 g/mol. The average Bonchev–Trinajstić information content (AvgIpc) is 1.02. The van der Waals surface area contributed by atoms with Crippen molar-refractivity contribution in [2.75, 3.05) is 39.6 Å². The number of aliphatic hydroxyl groups excluding tert-OH is 1. The van der Waals surface area contributed by atoms with Gasteiger partial charge < -0.3 is 33.8 Å². The summed E-state index contributed by atoms with van der Waals surface area (Å²) in [5.74, 6) is 0.370. The van der Waals surface area contributed by atoms with Crippen LogP contribution in [0.4, 0.5) is 0 Å². The maximum absolute atomic E-state index is 13.1. The molecule has 624 valence electrons. The molecule has 5 unspecified atom stereocenters. The second-order valence-corrected chi connectivity index (χ2v) is 34.6. The van der Waals surface area contributed by atoms with Crippen LogP contribution >= 0.6 is 15.6 Å². The third-order valence-corrected chi connectivity index (χ3v) is 23.1. The number of unbranched alkanes of at least 4 members (excludes halogenated alkanes) is 49. The van der Waals surface area contributed by atoms with E-state index in [-0.39, 0.29) is 25.7 Å². The van der Waals surface area contributed by atoms with Crippen LogP contribution < -0.4 is 0 Å². The smallest absolute Gasteiger partial charge is 0.462 e. The lowest BCUT2D eigenvalue weighted by Crippen LogP contribution is -2.30. The van der Waals surface area contributed by atoms with Crippen LogP contribution in [0.25, 0.3) is 0 Å². The number of phosphoric ester groups is 2. The van der Waals surface area contributed by atoms with E-state index in [4.69, 9.17) is 37.0 Å². The molecule has 0 rings (SSSR count). The molecule has 0 bridgehead atoms. The summed E-state index contributed by atoms with van der Waals surface area (Å²) in [6.07, 6.45) is 66.3. The summed E-state index contributed by atoms with van der Waals surface area (Å²) in [6, 6.07) is 0. The summed E-state index contributed by atoms with van der Waals surface area (Å²) in [7, 11) is -9.93. The van der Waals surface area contributed by atoms with Gasteiger partial charge in [-0.1, -0.05) is 402 Å². The number of ether oxygens (including phenoxy) is 4. The number of hydrogen-bond acceptors (Lipinski definition) is 15. The van der Waals surface area contributed by atoms with E-state index in [1.54, 1.807) is 0 Å². The van der Waals surface area contributed by atoms with Crippen LogP contribution in [0.15, 0.2) is 0 Å². The highest BCUT2D eigenvalue weighted by atomic mass is 31.2. The Morgan fingerprint density at radius 2 is 0.457 bits per heavy atom. The first-order valence-electron chi connectivity index (χ1n) is 44.5. The van der Waals surface area contributed by atoms with Crippen molar-refractivity contribution in [2.24, 2.45) is 17.8 Å². The van der Waals surface area contributed by atoms with Gasteiger partial charge in [0.05, 0.1) is 26.4 Å². The molecule has 0 spiro atoms. The summed E-state index contributed by atoms with van der Waals surface area (Å²) in [6.45, 7) is 12.1. The summed E-state index contributed by atoms with van der Waals surface area (Å²) < 4.78 is 68.9. The fourth-order valence-corrected chi connectivity index (χ4v) is 14.9. The second kappa shape index (κ2) is 76.1. The first-order valence-corrected chi connectivity index (χ1v) is 47.5. The van der Waals surface area contributed by atoms with E-state index in [2.05, 4.69) is 48.5 Å². The van der Waals surface area contributed by atoms with E-state index in [1.165, 1.54) is 263 Å². The van der Waals surface area contributed by atoms with Gasteiger partial charge in [0.15, 0.2) is 12.2 Å². The molecule has 8 atom stereocenters. The maximum Gasteiger partial charge on any atom is 0.472 e. The quantitative estimate of drug-likeness (QED) is 0.0222. The van der Waals surface area contributed by atoms with Gasteiger partial charge in [0.2, 0.25) is 0 Å². The molecule has 0 aliphatic heterocycles. The van der Waals surface area contributed by atoms with Crippen molar-refractivity contribution in [3.8, 4) is 0 Å². The van der Waals surface area contributed by atoms with Crippen molar-refractivity contribution >= 4 is 39.5 Å². The molecule has 17 nitrogen and oxygen atoms in total. The molecule has 0 aliphatic rings. The summed E-state index contributed by atoms with van der Waals surface area (Å²) in [5, 5.41) is 10.7. The van der Waals surface area contributed by atoms with Gasteiger partial charge in [-0.05, 0) is 43.4 Å². The van der Waals surface area contributed by atoms with Gasteiger partial charge in [-0.25, -0.2) is 9.13 Å². The number of esters is 4.